The molecular weight excluding hydrogens is 264 g/mol. The van der Waals surface area contributed by atoms with Gasteiger partial charge in [0.1, 0.15) is 0 Å². The van der Waals surface area contributed by atoms with Gasteiger partial charge in [-0.1, -0.05) is 12.1 Å². The highest BCUT2D eigenvalue weighted by Crippen LogP contribution is 2.59. The summed E-state index contributed by atoms with van der Waals surface area (Å²) < 4.78 is 2.50. The number of thiol groups is 1. The highest BCUT2D eigenvalue weighted by molar-refractivity contribution is 7.80. The second kappa shape index (κ2) is 3.82. The van der Waals surface area contributed by atoms with Gasteiger partial charge in [-0.3, -0.25) is 0 Å². The summed E-state index contributed by atoms with van der Waals surface area (Å²) in [5, 5.41) is 0.924. The van der Waals surface area contributed by atoms with E-state index in [-0.39, 0.29) is 0 Å². The maximum atomic E-state index is 4.72. The minimum Gasteiger partial charge on any atom is -0.313 e. The van der Waals surface area contributed by atoms with Crippen LogP contribution in [0.5, 0.6) is 0 Å². The lowest BCUT2D eigenvalue weighted by Crippen LogP contribution is -2.51. The first-order valence-corrected chi connectivity index (χ1v) is 8.35. The number of benzene rings is 1. The van der Waals surface area contributed by atoms with Gasteiger partial charge in [0.25, 0.3) is 0 Å². The van der Waals surface area contributed by atoms with Gasteiger partial charge in [-0.2, -0.15) is 0 Å². The Bertz CT molecular complexity index is 652. The van der Waals surface area contributed by atoms with E-state index >= 15 is 0 Å². The van der Waals surface area contributed by atoms with Crippen LogP contribution in [0.3, 0.4) is 0 Å². The molecule has 0 unspecified atom stereocenters. The van der Waals surface area contributed by atoms with E-state index in [1.165, 1.54) is 44.0 Å². The normalized spacial score (nSPS) is 38.8. The van der Waals surface area contributed by atoms with E-state index in [4.69, 9.17) is 17.6 Å². The van der Waals surface area contributed by atoms with E-state index in [0.717, 1.165) is 28.4 Å². The Kier molecular flexibility index (Phi) is 2.23. The van der Waals surface area contributed by atoms with E-state index < -0.39 is 0 Å². The van der Waals surface area contributed by atoms with E-state index in [9.17, 15) is 0 Å². The van der Waals surface area contributed by atoms with Crippen molar-refractivity contribution >= 4 is 23.7 Å². The van der Waals surface area contributed by atoms with Crippen LogP contribution >= 0.6 is 12.6 Å². The number of nitrogens with zero attached hydrogens (tertiary/aromatic N) is 2. The molecule has 2 nitrogen and oxygen atoms in total. The van der Waals surface area contributed by atoms with Crippen LogP contribution in [-0.4, -0.2) is 9.55 Å². The average Bonchev–Trinajstić information content (AvgIpc) is 2.73. The van der Waals surface area contributed by atoms with Crippen LogP contribution in [0.2, 0.25) is 0 Å². The molecule has 6 rings (SSSR count). The van der Waals surface area contributed by atoms with Gasteiger partial charge in [0.05, 0.1) is 11.0 Å². The highest BCUT2D eigenvalue weighted by atomic mass is 32.1. The SMILES string of the molecule is Sc1nc2ccccc2n1C12CC3CC(CC(C3)C1)C2. The van der Waals surface area contributed by atoms with E-state index in [1.807, 2.05) is 0 Å². The first kappa shape index (κ1) is 11.7. The number of imidazole rings is 1. The van der Waals surface area contributed by atoms with Crippen molar-refractivity contribution < 1.29 is 0 Å². The van der Waals surface area contributed by atoms with Gasteiger partial charge < -0.3 is 4.57 Å². The van der Waals surface area contributed by atoms with Crippen LogP contribution in [0.15, 0.2) is 29.4 Å². The van der Waals surface area contributed by atoms with Gasteiger partial charge in [0.15, 0.2) is 5.16 Å². The molecule has 0 saturated heterocycles. The Morgan fingerprint density at radius 1 is 1.00 bits per heavy atom. The summed E-state index contributed by atoms with van der Waals surface area (Å²) in [5.41, 5.74) is 2.72. The Labute approximate surface area is 125 Å². The van der Waals surface area contributed by atoms with Crippen LogP contribution < -0.4 is 0 Å². The smallest absolute Gasteiger partial charge is 0.166 e. The molecular formula is C17H20N2S. The highest BCUT2D eigenvalue weighted by Gasteiger charge is 2.52. The van der Waals surface area contributed by atoms with Crippen LogP contribution in [-0.2, 0) is 5.54 Å². The second-order valence-electron chi connectivity index (χ2n) is 7.38. The lowest BCUT2D eigenvalue weighted by molar-refractivity contribution is -0.0450. The fraction of sp³-hybridized carbons (Fsp3) is 0.588. The molecule has 0 amide bonds. The zero-order valence-corrected chi connectivity index (χ0v) is 12.5. The van der Waals surface area contributed by atoms with E-state index in [2.05, 4.69) is 28.8 Å². The molecule has 4 fully saturated rings. The van der Waals surface area contributed by atoms with Crippen LogP contribution in [0.1, 0.15) is 38.5 Å². The third-order valence-electron chi connectivity index (χ3n) is 6.02. The largest absolute Gasteiger partial charge is 0.313 e. The zero-order chi connectivity index (χ0) is 13.3. The Morgan fingerprint density at radius 2 is 1.60 bits per heavy atom. The van der Waals surface area contributed by atoms with Gasteiger partial charge >= 0.3 is 0 Å². The van der Waals surface area contributed by atoms with Gasteiger partial charge in [0, 0.05) is 5.54 Å². The number of para-hydroxylation sites is 2. The van der Waals surface area contributed by atoms with Gasteiger partial charge in [-0.05, 0) is 68.4 Å². The van der Waals surface area contributed by atoms with E-state index in [1.54, 1.807) is 0 Å². The summed E-state index contributed by atoms with van der Waals surface area (Å²) in [6.45, 7) is 0. The molecule has 4 saturated carbocycles. The lowest BCUT2D eigenvalue weighted by atomic mass is 9.53. The number of aromatic nitrogens is 2. The predicted molar refractivity (Wildman–Crippen MR) is 83.1 cm³/mol. The summed E-state index contributed by atoms with van der Waals surface area (Å²) in [6.07, 6.45) is 8.50. The third kappa shape index (κ3) is 1.45. The third-order valence-corrected chi connectivity index (χ3v) is 6.32. The summed E-state index contributed by atoms with van der Waals surface area (Å²) in [7, 11) is 0. The maximum Gasteiger partial charge on any atom is 0.166 e. The molecule has 2 aromatic rings. The topological polar surface area (TPSA) is 17.8 Å². The van der Waals surface area contributed by atoms with Gasteiger partial charge in [0.2, 0.25) is 0 Å². The van der Waals surface area contributed by atoms with Crippen LogP contribution in [0.25, 0.3) is 11.0 Å². The quantitative estimate of drug-likeness (QED) is 0.775. The molecule has 0 aliphatic heterocycles. The number of rotatable bonds is 1. The molecule has 0 radical (unpaired) electrons. The Balaban J connectivity index is 1.73. The van der Waals surface area contributed by atoms with Crippen molar-refractivity contribution in [3.05, 3.63) is 24.3 Å². The minimum absolute atomic E-state index is 0.321. The second-order valence-corrected chi connectivity index (χ2v) is 7.78. The Hall–Kier alpha value is -0.960. The molecule has 4 aliphatic carbocycles. The standard InChI is InChI=1S/C17H20N2S/c20-16-18-14-3-1-2-4-15(14)19(16)17-8-11-5-12(9-17)7-13(6-11)10-17/h1-4,11-13H,5-10H2,(H,18,20). The maximum absolute atomic E-state index is 4.72. The van der Waals surface area contributed by atoms with Crippen LogP contribution in [0, 0.1) is 17.8 Å². The number of hydrogen-bond donors (Lipinski definition) is 1. The molecule has 20 heavy (non-hydrogen) atoms. The minimum atomic E-state index is 0.321. The average molecular weight is 284 g/mol. The van der Waals surface area contributed by atoms with E-state index in [0.29, 0.717) is 5.54 Å². The Morgan fingerprint density at radius 3 is 2.25 bits per heavy atom. The van der Waals surface area contributed by atoms with Crippen molar-refractivity contribution in [2.24, 2.45) is 17.8 Å². The first-order valence-electron chi connectivity index (χ1n) is 7.90. The predicted octanol–water partition coefficient (Wildman–Crippen LogP) is 4.25. The molecule has 0 spiro atoms. The molecule has 0 N–H and O–H groups in total. The molecule has 4 bridgehead atoms. The fourth-order valence-electron chi connectivity index (χ4n) is 5.82. The van der Waals surface area contributed by atoms with Gasteiger partial charge in [-0.15, -0.1) is 12.6 Å². The van der Waals surface area contributed by atoms with Crippen molar-refractivity contribution in [2.75, 3.05) is 0 Å². The molecule has 4 aliphatic rings. The monoisotopic (exact) mass is 284 g/mol. The van der Waals surface area contributed by atoms with Crippen molar-refractivity contribution in [1.29, 1.82) is 0 Å². The first-order chi connectivity index (χ1) is 9.73. The van der Waals surface area contributed by atoms with Crippen molar-refractivity contribution in [1.82, 2.24) is 9.55 Å². The van der Waals surface area contributed by atoms with Crippen molar-refractivity contribution in [2.45, 2.75) is 49.2 Å². The molecule has 3 heteroatoms. The molecule has 1 heterocycles. The summed E-state index contributed by atoms with van der Waals surface area (Å²) in [5.74, 6) is 2.86. The number of fused-ring (bicyclic) bond motifs is 1. The summed E-state index contributed by atoms with van der Waals surface area (Å²) in [4.78, 5) is 4.70. The zero-order valence-electron chi connectivity index (χ0n) is 11.6. The van der Waals surface area contributed by atoms with Crippen LogP contribution in [0.4, 0.5) is 0 Å². The number of hydrogen-bond acceptors (Lipinski definition) is 2. The molecule has 104 valence electrons. The lowest BCUT2D eigenvalue weighted by Gasteiger charge is -2.57. The molecule has 1 aromatic carbocycles. The van der Waals surface area contributed by atoms with Crippen molar-refractivity contribution in [3.63, 3.8) is 0 Å². The molecule has 1 aromatic heterocycles. The van der Waals surface area contributed by atoms with Gasteiger partial charge in [-0.25, -0.2) is 4.98 Å². The van der Waals surface area contributed by atoms with Crippen molar-refractivity contribution in [3.8, 4) is 0 Å². The summed E-state index contributed by atoms with van der Waals surface area (Å²) >= 11 is 4.72. The summed E-state index contributed by atoms with van der Waals surface area (Å²) in [6, 6.07) is 8.55. The fourth-order valence-corrected chi connectivity index (χ4v) is 6.25. The molecule has 0 atom stereocenters.